The number of halogens is 2. The molecule has 1 amide bonds. The van der Waals surface area contributed by atoms with Crippen LogP contribution in [-0.4, -0.2) is 63.0 Å². The topological polar surface area (TPSA) is 79.0 Å². The summed E-state index contributed by atoms with van der Waals surface area (Å²) in [6.45, 7) is 2.72. The molecular weight excluding hydrogens is 380 g/mol. The molecule has 3 rings (SSSR count). The van der Waals surface area contributed by atoms with Gasteiger partial charge in [0.25, 0.3) is 0 Å². The lowest BCUT2D eigenvalue weighted by Crippen LogP contribution is -2.49. The molecule has 1 aromatic carbocycles. The van der Waals surface area contributed by atoms with E-state index in [9.17, 15) is 22.0 Å². The van der Waals surface area contributed by atoms with E-state index in [4.69, 9.17) is 4.74 Å². The van der Waals surface area contributed by atoms with Gasteiger partial charge in [0.1, 0.15) is 16.5 Å². The summed E-state index contributed by atoms with van der Waals surface area (Å²) in [5, 5.41) is 1.79. The molecule has 0 radical (unpaired) electrons. The van der Waals surface area contributed by atoms with Crippen molar-refractivity contribution >= 4 is 15.9 Å². The van der Waals surface area contributed by atoms with Crippen LogP contribution in [0.5, 0.6) is 0 Å². The zero-order valence-electron chi connectivity index (χ0n) is 14.9. The van der Waals surface area contributed by atoms with E-state index in [-0.39, 0.29) is 31.3 Å². The zero-order chi connectivity index (χ0) is 19.4. The van der Waals surface area contributed by atoms with Crippen molar-refractivity contribution in [2.75, 3.05) is 39.4 Å². The molecule has 0 saturated carbocycles. The third-order valence-corrected chi connectivity index (χ3v) is 6.66. The largest absolute Gasteiger partial charge is 0.379 e. The van der Waals surface area contributed by atoms with E-state index in [0.717, 1.165) is 12.1 Å². The van der Waals surface area contributed by atoms with Crippen molar-refractivity contribution in [3.05, 3.63) is 29.8 Å². The first-order valence-corrected chi connectivity index (χ1v) is 10.4. The fourth-order valence-corrected chi connectivity index (χ4v) is 4.99. The van der Waals surface area contributed by atoms with Gasteiger partial charge < -0.3 is 4.74 Å². The Hall–Kier alpha value is -1.62. The van der Waals surface area contributed by atoms with Crippen LogP contribution in [0.4, 0.5) is 8.78 Å². The average Bonchev–Trinajstić information content (AvgIpc) is 2.62. The van der Waals surface area contributed by atoms with Gasteiger partial charge in [-0.15, -0.1) is 0 Å². The Balaban J connectivity index is 1.62. The molecule has 1 atom stereocenters. The predicted molar refractivity (Wildman–Crippen MR) is 93.0 cm³/mol. The Bertz CT molecular complexity index is 784. The van der Waals surface area contributed by atoms with E-state index in [1.165, 1.54) is 4.31 Å². The maximum atomic E-state index is 13.9. The maximum Gasteiger partial charge on any atom is 0.245 e. The van der Waals surface area contributed by atoms with Gasteiger partial charge in [0.15, 0.2) is 0 Å². The minimum Gasteiger partial charge on any atom is -0.379 e. The molecule has 2 saturated heterocycles. The third-order valence-electron chi connectivity index (χ3n) is 4.76. The Morgan fingerprint density at radius 3 is 2.67 bits per heavy atom. The predicted octanol–water partition coefficient (Wildman–Crippen LogP) is 1.12. The Kier molecular flexibility index (Phi) is 6.40. The Morgan fingerprint density at radius 2 is 1.96 bits per heavy atom. The summed E-state index contributed by atoms with van der Waals surface area (Å²) >= 11 is 0. The average molecular weight is 403 g/mol. The minimum absolute atomic E-state index is 0.135. The van der Waals surface area contributed by atoms with Gasteiger partial charge >= 0.3 is 0 Å². The number of sulfonamides is 1. The Morgan fingerprint density at radius 1 is 1.22 bits per heavy atom. The SMILES string of the molecule is O=C(CC1CCCN(S(=O)(=O)c2ccc(F)cc2F)C1)NN1CCOCC1. The molecular formula is C17H23F2N3O4S. The fourth-order valence-electron chi connectivity index (χ4n) is 3.39. The smallest absolute Gasteiger partial charge is 0.245 e. The quantitative estimate of drug-likeness (QED) is 0.797. The summed E-state index contributed by atoms with van der Waals surface area (Å²) in [4.78, 5) is 11.7. The fraction of sp³-hybridized carbons (Fsp3) is 0.588. The number of carbonyl (C=O) groups excluding carboxylic acids is 1. The van der Waals surface area contributed by atoms with Crippen molar-refractivity contribution in [1.82, 2.24) is 14.7 Å². The zero-order valence-corrected chi connectivity index (χ0v) is 15.7. The number of morpholine rings is 1. The summed E-state index contributed by atoms with van der Waals surface area (Å²) in [5.74, 6) is -2.27. The van der Waals surface area contributed by atoms with Gasteiger partial charge in [0.05, 0.1) is 13.2 Å². The van der Waals surface area contributed by atoms with Crippen LogP contribution in [0.3, 0.4) is 0 Å². The van der Waals surface area contributed by atoms with Gasteiger partial charge in [0, 0.05) is 38.7 Å². The van der Waals surface area contributed by atoms with E-state index in [0.29, 0.717) is 45.2 Å². The maximum absolute atomic E-state index is 13.9. The highest BCUT2D eigenvalue weighted by Gasteiger charge is 2.33. The highest BCUT2D eigenvalue weighted by molar-refractivity contribution is 7.89. The molecule has 1 aromatic rings. The van der Waals surface area contributed by atoms with Crippen LogP contribution in [0.2, 0.25) is 0 Å². The molecule has 1 unspecified atom stereocenters. The van der Waals surface area contributed by atoms with E-state index in [1.54, 1.807) is 5.01 Å². The van der Waals surface area contributed by atoms with Crippen LogP contribution in [0.25, 0.3) is 0 Å². The van der Waals surface area contributed by atoms with Crippen molar-refractivity contribution in [3.8, 4) is 0 Å². The molecule has 27 heavy (non-hydrogen) atoms. The second-order valence-electron chi connectivity index (χ2n) is 6.78. The van der Waals surface area contributed by atoms with E-state index in [1.807, 2.05) is 0 Å². The molecule has 2 aliphatic heterocycles. The van der Waals surface area contributed by atoms with Gasteiger partial charge in [-0.05, 0) is 30.9 Å². The third kappa shape index (κ3) is 5.01. The number of rotatable bonds is 5. The number of hydrogen-bond donors (Lipinski definition) is 1. The molecule has 10 heteroatoms. The molecule has 2 heterocycles. The number of nitrogens with zero attached hydrogens (tertiary/aromatic N) is 2. The number of hydrazine groups is 1. The van der Waals surface area contributed by atoms with Crippen LogP contribution in [-0.2, 0) is 19.6 Å². The van der Waals surface area contributed by atoms with E-state index in [2.05, 4.69) is 5.43 Å². The second-order valence-corrected chi connectivity index (χ2v) is 8.69. The van der Waals surface area contributed by atoms with Gasteiger partial charge in [-0.2, -0.15) is 4.31 Å². The van der Waals surface area contributed by atoms with Crippen molar-refractivity contribution in [3.63, 3.8) is 0 Å². The summed E-state index contributed by atoms with van der Waals surface area (Å²) < 4.78 is 58.8. The lowest BCUT2D eigenvalue weighted by atomic mass is 9.96. The van der Waals surface area contributed by atoms with Crippen molar-refractivity contribution in [1.29, 1.82) is 0 Å². The van der Waals surface area contributed by atoms with E-state index < -0.39 is 26.6 Å². The first-order valence-electron chi connectivity index (χ1n) is 8.93. The van der Waals surface area contributed by atoms with Crippen LogP contribution in [0.15, 0.2) is 23.1 Å². The standard InChI is InChI=1S/C17H23F2N3O4S/c18-14-3-4-16(15(19)11-14)27(24,25)22-5-1-2-13(12-22)10-17(23)20-21-6-8-26-9-7-21/h3-4,11,13H,1-2,5-10,12H2,(H,20,23). The molecule has 2 aliphatic rings. The number of amides is 1. The van der Waals surface area contributed by atoms with Crippen molar-refractivity contribution < 1.29 is 26.7 Å². The number of carbonyl (C=O) groups is 1. The second kappa shape index (κ2) is 8.59. The van der Waals surface area contributed by atoms with Crippen LogP contribution < -0.4 is 5.43 Å². The molecule has 0 spiro atoms. The summed E-state index contributed by atoms with van der Waals surface area (Å²) in [6, 6.07) is 2.42. The van der Waals surface area contributed by atoms with Gasteiger partial charge in [-0.1, -0.05) is 0 Å². The number of hydrogen-bond acceptors (Lipinski definition) is 5. The molecule has 1 N–H and O–H groups in total. The van der Waals surface area contributed by atoms with Crippen molar-refractivity contribution in [2.45, 2.75) is 24.2 Å². The molecule has 7 nitrogen and oxygen atoms in total. The number of benzene rings is 1. The van der Waals surface area contributed by atoms with Gasteiger partial charge in [-0.25, -0.2) is 22.2 Å². The van der Waals surface area contributed by atoms with E-state index >= 15 is 0 Å². The van der Waals surface area contributed by atoms with Crippen LogP contribution in [0, 0.1) is 17.6 Å². The Labute approximate surface area is 157 Å². The lowest BCUT2D eigenvalue weighted by Gasteiger charge is -2.32. The molecule has 150 valence electrons. The van der Waals surface area contributed by atoms with Crippen LogP contribution >= 0.6 is 0 Å². The number of piperidine rings is 1. The normalized spacial score (nSPS) is 22.5. The molecule has 0 aromatic heterocycles. The lowest BCUT2D eigenvalue weighted by molar-refractivity contribution is -0.129. The first kappa shape index (κ1) is 20.1. The summed E-state index contributed by atoms with van der Waals surface area (Å²) in [6.07, 6.45) is 1.49. The number of nitrogens with one attached hydrogen (secondary N) is 1. The molecule has 0 aliphatic carbocycles. The van der Waals surface area contributed by atoms with Crippen molar-refractivity contribution in [2.24, 2.45) is 5.92 Å². The minimum atomic E-state index is -4.07. The molecule has 2 fully saturated rings. The monoisotopic (exact) mass is 403 g/mol. The number of ether oxygens (including phenoxy) is 1. The molecule has 0 bridgehead atoms. The van der Waals surface area contributed by atoms with Crippen LogP contribution in [0.1, 0.15) is 19.3 Å². The van der Waals surface area contributed by atoms with Gasteiger partial charge in [-0.3, -0.25) is 10.2 Å². The summed E-state index contributed by atoms with van der Waals surface area (Å²) in [7, 11) is -4.07. The van der Waals surface area contributed by atoms with Gasteiger partial charge in [0.2, 0.25) is 15.9 Å². The highest BCUT2D eigenvalue weighted by atomic mass is 32.2. The highest BCUT2D eigenvalue weighted by Crippen LogP contribution is 2.27. The first-order chi connectivity index (χ1) is 12.9. The summed E-state index contributed by atoms with van der Waals surface area (Å²) in [5.41, 5.74) is 2.81.